The molecule has 0 spiro atoms. The largest absolute Gasteiger partial charge is 0.491 e. The van der Waals surface area contributed by atoms with Gasteiger partial charge >= 0.3 is 6.01 Å². The Morgan fingerprint density at radius 1 is 1.03 bits per heavy atom. The number of fused-ring (bicyclic) bond motifs is 4. The molecule has 158 valence electrons. The van der Waals surface area contributed by atoms with E-state index in [1.54, 1.807) is 6.20 Å². The zero-order chi connectivity index (χ0) is 20.3. The molecule has 0 radical (unpaired) electrons. The molecule has 0 amide bonds. The average molecular weight is 410 g/mol. The van der Waals surface area contributed by atoms with Crippen LogP contribution < -0.4 is 9.47 Å². The first kappa shape index (κ1) is 19.3. The van der Waals surface area contributed by atoms with Gasteiger partial charge in [0.1, 0.15) is 18.1 Å². The van der Waals surface area contributed by atoms with Crippen molar-refractivity contribution in [2.24, 2.45) is 0 Å². The predicted octanol–water partition coefficient (Wildman–Crippen LogP) is 3.76. The smallest absolute Gasteiger partial charge is 0.317 e. The molecular weight excluding hydrogens is 384 g/mol. The van der Waals surface area contributed by atoms with Gasteiger partial charge in [0.05, 0.1) is 30.5 Å². The van der Waals surface area contributed by atoms with Crippen LogP contribution in [0.4, 0.5) is 0 Å². The number of aromatic nitrogens is 4. The van der Waals surface area contributed by atoms with Gasteiger partial charge in [-0.15, -0.1) is 0 Å². The monoisotopic (exact) mass is 410 g/mol. The van der Waals surface area contributed by atoms with Crippen molar-refractivity contribution in [3.63, 3.8) is 0 Å². The van der Waals surface area contributed by atoms with E-state index < -0.39 is 0 Å². The molecule has 30 heavy (non-hydrogen) atoms. The van der Waals surface area contributed by atoms with Crippen molar-refractivity contribution >= 4 is 10.9 Å². The van der Waals surface area contributed by atoms with Crippen LogP contribution in [0.1, 0.15) is 38.8 Å². The lowest BCUT2D eigenvalue weighted by atomic mass is 10.1. The van der Waals surface area contributed by atoms with E-state index in [-0.39, 0.29) is 12.3 Å². The molecule has 2 atom stereocenters. The summed E-state index contributed by atoms with van der Waals surface area (Å²) in [4.78, 5) is 8.82. The van der Waals surface area contributed by atoms with E-state index in [1.807, 2.05) is 22.9 Å². The standard InChI is InChI=1S/C22H26N4O4/c1-15-8-11-27-12-13-29-22-23-9-7-18(24-22)21-17-14-16(30-15)5-6-19(17)26(25-21)20-4-2-3-10-28-20/h5-7,9,14-15,20H,2-4,8,10-13H2,1H3/t15-,20?/m0/s1. The van der Waals surface area contributed by atoms with E-state index in [9.17, 15) is 0 Å². The fraction of sp³-hybridized carbons (Fsp3) is 0.500. The van der Waals surface area contributed by atoms with E-state index in [1.165, 1.54) is 0 Å². The minimum Gasteiger partial charge on any atom is -0.491 e. The molecule has 0 saturated carbocycles. The second-order valence-electron chi connectivity index (χ2n) is 7.70. The van der Waals surface area contributed by atoms with Gasteiger partial charge in [-0.05, 0) is 50.5 Å². The first-order valence-corrected chi connectivity index (χ1v) is 10.6. The third-order valence-electron chi connectivity index (χ3n) is 5.45. The quantitative estimate of drug-likeness (QED) is 0.604. The molecule has 8 heteroatoms. The molecule has 0 aliphatic carbocycles. The molecule has 2 aliphatic heterocycles. The maximum Gasteiger partial charge on any atom is 0.317 e. The molecule has 4 heterocycles. The summed E-state index contributed by atoms with van der Waals surface area (Å²) in [5.74, 6) is 0.806. The summed E-state index contributed by atoms with van der Waals surface area (Å²) >= 11 is 0. The lowest BCUT2D eigenvalue weighted by Gasteiger charge is -2.23. The Kier molecular flexibility index (Phi) is 5.50. The minimum absolute atomic E-state index is 0.0366. The summed E-state index contributed by atoms with van der Waals surface area (Å²) < 4.78 is 25.5. The van der Waals surface area contributed by atoms with Crippen LogP contribution in [-0.2, 0) is 9.47 Å². The summed E-state index contributed by atoms with van der Waals surface area (Å²) in [5.41, 5.74) is 2.49. The van der Waals surface area contributed by atoms with Crippen LogP contribution in [-0.4, -0.2) is 52.3 Å². The van der Waals surface area contributed by atoms with Crippen molar-refractivity contribution in [1.29, 1.82) is 0 Å². The molecule has 2 aliphatic rings. The summed E-state index contributed by atoms with van der Waals surface area (Å²) in [6, 6.07) is 8.27. The summed E-state index contributed by atoms with van der Waals surface area (Å²) in [6.45, 7) is 4.29. The zero-order valence-electron chi connectivity index (χ0n) is 17.1. The Morgan fingerprint density at radius 2 is 2.00 bits per heavy atom. The third kappa shape index (κ3) is 3.97. The maximum absolute atomic E-state index is 6.15. The van der Waals surface area contributed by atoms with Crippen LogP contribution in [0.2, 0.25) is 0 Å². The third-order valence-corrected chi connectivity index (χ3v) is 5.45. The highest BCUT2D eigenvalue weighted by molar-refractivity contribution is 5.93. The summed E-state index contributed by atoms with van der Waals surface area (Å²) in [5, 5.41) is 5.90. The minimum atomic E-state index is -0.0685. The number of benzene rings is 1. The topological polar surface area (TPSA) is 80.5 Å². The van der Waals surface area contributed by atoms with E-state index in [0.29, 0.717) is 31.5 Å². The lowest BCUT2D eigenvalue weighted by Crippen LogP contribution is -2.19. The summed E-state index contributed by atoms with van der Waals surface area (Å²) in [6.07, 6.45) is 5.63. The first-order valence-electron chi connectivity index (χ1n) is 10.6. The fourth-order valence-corrected chi connectivity index (χ4v) is 3.90. The number of nitrogens with zero attached hydrogens (tertiary/aromatic N) is 4. The number of hydrogen-bond acceptors (Lipinski definition) is 7. The van der Waals surface area contributed by atoms with Crippen molar-refractivity contribution < 1.29 is 18.9 Å². The highest BCUT2D eigenvalue weighted by Crippen LogP contribution is 2.34. The number of hydrogen-bond donors (Lipinski definition) is 0. The van der Waals surface area contributed by atoms with Crippen molar-refractivity contribution in [2.75, 3.05) is 26.4 Å². The lowest BCUT2D eigenvalue weighted by molar-refractivity contribution is -0.0365. The van der Waals surface area contributed by atoms with Crippen molar-refractivity contribution in [1.82, 2.24) is 19.7 Å². The Morgan fingerprint density at radius 3 is 2.90 bits per heavy atom. The first-order chi connectivity index (χ1) is 14.8. The van der Waals surface area contributed by atoms with Gasteiger partial charge in [0, 0.05) is 24.6 Å². The van der Waals surface area contributed by atoms with E-state index in [0.717, 1.165) is 54.6 Å². The SMILES string of the molecule is C[C@H]1CCOCCOc2nccc(n2)-c2nn(C3CCCCO3)c3ccc(cc23)O1. The molecule has 1 fully saturated rings. The van der Waals surface area contributed by atoms with E-state index in [2.05, 4.69) is 23.0 Å². The molecule has 4 bridgehead atoms. The van der Waals surface area contributed by atoms with Crippen LogP contribution >= 0.6 is 0 Å². The number of ether oxygens (including phenoxy) is 4. The Labute approximate surface area is 175 Å². The Hall–Kier alpha value is -2.71. The van der Waals surface area contributed by atoms with Gasteiger partial charge in [0.15, 0.2) is 6.23 Å². The van der Waals surface area contributed by atoms with Gasteiger partial charge in [-0.2, -0.15) is 10.1 Å². The van der Waals surface area contributed by atoms with Crippen LogP contribution in [0.5, 0.6) is 11.8 Å². The van der Waals surface area contributed by atoms with Crippen molar-refractivity contribution in [2.45, 2.75) is 44.9 Å². The van der Waals surface area contributed by atoms with Gasteiger partial charge in [0.2, 0.25) is 0 Å². The Balaban J connectivity index is 1.63. The molecule has 0 N–H and O–H groups in total. The predicted molar refractivity (Wildman–Crippen MR) is 111 cm³/mol. The second kappa shape index (κ2) is 8.57. The molecule has 8 nitrogen and oxygen atoms in total. The fourth-order valence-electron chi connectivity index (χ4n) is 3.90. The van der Waals surface area contributed by atoms with Crippen LogP contribution in [0.3, 0.4) is 0 Å². The molecular formula is C22H26N4O4. The van der Waals surface area contributed by atoms with Crippen molar-refractivity contribution in [3.05, 3.63) is 30.5 Å². The Bertz CT molecular complexity index is 1020. The molecule has 1 unspecified atom stereocenters. The van der Waals surface area contributed by atoms with E-state index in [4.69, 9.17) is 24.0 Å². The zero-order valence-corrected chi connectivity index (χ0v) is 17.1. The van der Waals surface area contributed by atoms with Gasteiger partial charge in [-0.3, -0.25) is 0 Å². The van der Waals surface area contributed by atoms with E-state index >= 15 is 0 Å². The van der Waals surface area contributed by atoms with Gasteiger partial charge in [-0.1, -0.05) is 0 Å². The maximum atomic E-state index is 6.15. The molecule has 1 aromatic carbocycles. The van der Waals surface area contributed by atoms with Crippen LogP contribution in [0.25, 0.3) is 22.3 Å². The second-order valence-corrected chi connectivity index (χ2v) is 7.70. The van der Waals surface area contributed by atoms with Crippen LogP contribution in [0, 0.1) is 0 Å². The highest BCUT2D eigenvalue weighted by Gasteiger charge is 2.23. The van der Waals surface area contributed by atoms with Gasteiger partial charge < -0.3 is 18.9 Å². The average Bonchev–Trinajstić information content (AvgIpc) is 3.15. The van der Waals surface area contributed by atoms with Crippen molar-refractivity contribution in [3.8, 4) is 23.1 Å². The molecule has 3 aromatic rings. The van der Waals surface area contributed by atoms with Gasteiger partial charge in [-0.25, -0.2) is 9.67 Å². The summed E-state index contributed by atoms with van der Waals surface area (Å²) in [7, 11) is 0. The highest BCUT2D eigenvalue weighted by atomic mass is 16.5. The molecule has 5 rings (SSSR count). The molecule has 2 aromatic heterocycles. The normalized spacial score (nSPS) is 22.7. The molecule has 1 saturated heterocycles. The van der Waals surface area contributed by atoms with Gasteiger partial charge in [0.25, 0.3) is 0 Å². The number of rotatable bonds is 1. The van der Waals surface area contributed by atoms with Crippen LogP contribution in [0.15, 0.2) is 30.5 Å².